The van der Waals surface area contributed by atoms with Crippen LogP contribution in [0.25, 0.3) is 0 Å². The molecule has 0 bridgehead atoms. The number of carbonyl (C=O) groups excluding carboxylic acids is 1. The first kappa shape index (κ1) is 11.8. The average molecular weight is 225 g/mol. The molecule has 0 fully saturated rings. The Balaban J connectivity index is 2.62. The SMILES string of the molecule is CC(Sc1ccc(N)nc1)C(=O)N(C)C. The first-order valence-electron chi connectivity index (χ1n) is 4.60. The Morgan fingerprint density at radius 2 is 2.20 bits per heavy atom. The fourth-order valence-corrected chi connectivity index (χ4v) is 2.06. The molecule has 82 valence electrons. The van der Waals surface area contributed by atoms with E-state index >= 15 is 0 Å². The van der Waals surface area contributed by atoms with Crippen molar-refractivity contribution in [3.63, 3.8) is 0 Å². The van der Waals surface area contributed by atoms with Crippen LogP contribution in [0.5, 0.6) is 0 Å². The number of pyridine rings is 1. The highest BCUT2D eigenvalue weighted by atomic mass is 32.2. The van der Waals surface area contributed by atoms with E-state index in [1.54, 1.807) is 31.3 Å². The van der Waals surface area contributed by atoms with Gasteiger partial charge in [-0.15, -0.1) is 11.8 Å². The van der Waals surface area contributed by atoms with Gasteiger partial charge in [0.1, 0.15) is 5.82 Å². The minimum atomic E-state index is -0.106. The van der Waals surface area contributed by atoms with Crippen LogP contribution >= 0.6 is 11.8 Å². The van der Waals surface area contributed by atoms with Crippen molar-refractivity contribution in [2.45, 2.75) is 17.1 Å². The summed E-state index contributed by atoms with van der Waals surface area (Å²) in [5.74, 6) is 0.586. The molecule has 0 radical (unpaired) electrons. The van der Waals surface area contributed by atoms with Gasteiger partial charge in [0.05, 0.1) is 5.25 Å². The van der Waals surface area contributed by atoms with Crippen LogP contribution in [0.3, 0.4) is 0 Å². The van der Waals surface area contributed by atoms with E-state index in [1.165, 1.54) is 11.8 Å². The fraction of sp³-hybridized carbons (Fsp3) is 0.400. The van der Waals surface area contributed by atoms with Crippen molar-refractivity contribution in [1.82, 2.24) is 9.88 Å². The predicted octanol–water partition coefficient (Wildman–Crippen LogP) is 1.23. The first-order valence-corrected chi connectivity index (χ1v) is 5.48. The van der Waals surface area contributed by atoms with Gasteiger partial charge in [-0.3, -0.25) is 4.79 Å². The summed E-state index contributed by atoms with van der Waals surface area (Å²) in [6, 6.07) is 3.60. The Kier molecular flexibility index (Phi) is 3.96. The van der Waals surface area contributed by atoms with Gasteiger partial charge in [-0.2, -0.15) is 0 Å². The van der Waals surface area contributed by atoms with Crippen LogP contribution in [0.15, 0.2) is 23.2 Å². The van der Waals surface area contributed by atoms with Crippen LogP contribution in [0.4, 0.5) is 5.82 Å². The number of anilines is 1. The molecule has 1 aromatic heterocycles. The van der Waals surface area contributed by atoms with Gasteiger partial charge in [0, 0.05) is 25.2 Å². The smallest absolute Gasteiger partial charge is 0.235 e. The van der Waals surface area contributed by atoms with E-state index in [0.29, 0.717) is 5.82 Å². The number of nitrogen functional groups attached to an aromatic ring is 1. The predicted molar refractivity (Wildman–Crippen MR) is 62.7 cm³/mol. The Morgan fingerprint density at radius 3 is 2.67 bits per heavy atom. The van der Waals surface area contributed by atoms with E-state index in [9.17, 15) is 4.79 Å². The van der Waals surface area contributed by atoms with Crippen molar-refractivity contribution >= 4 is 23.5 Å². The molecule has 0 saturated carbocycles. The molecular formula is C10H15N3OS. The Labute approximate surface area is 93.9 Å². The lowest BCUT2D eigenvalue weighted by Crippen LogP contribution is -2.29. The maximum absolute atomic E-state index is 11.6. The summed E-state index contributed by atoms with van der Waals surface area (Å²) in [4.78, 5) is 18.1. The minimum absolute atomic E-state index is 0.0943. The summed E-state index contributed by atoms with van der Waals surface area (Å²) in [5.41, 5.74) is 5.47. The van der Waals surface area contributed by atoms with Gasteiger partial charge in [0.2, 0.25) is 5.91 Å². The molecule has 1 atom stereocenters. The quantitative estimate of drug-likeness (QED) is 0.786. The van der Waals surface area contributed by atoms with Crippen LogP contribution in [0, 0.1) is 0 Å². The Morgan fingerprint density at radius 1 is 1.53 bits per heavy atom. The largest absolute Gasteiger partial charge is 0.384 e. The maximum Gasteiger partial charge on any atom is 0.235 e. The summed E-state index contributed by atoms with van der Waals surface area (Å²) in [6.45, 7) is 1.88. The zero-order valence-electron chi connectivity index (χ0n) is 9.10. The van der Waals surface area contributed by atoms with Crippen molar-refractivity contribution in [2.75, 3.05) is 19.8 Å². The number of carbonyl (C=O) groups is 1. The van der Waals surface area contributed by atoms with Gasteiger partial charge in [0.15, 0.2) is 0 Å². The zero-order valence-corrected chi connectivity index (χ0v) is 9.91. The number of hydrogen-bond donors (Lipinski definition) is 1. The molecule has 0 aliphatic rings. The number of nitrogens with zero attached hydrogens (tertiary/aromatic N) is 2. The second-order valence-corrected chi connectivity index (χ2v) is 4.83. The van der Waals surface area contributed by atoms with E-state index in [-0.39, 0.29) is 11.2 Å². The van der Waals surface area contributed by atoms with Gasteiger partial charge in [-0.05, 0) is 19.1 Å². The fourth-order valence-electron chi connectivity index (χ4n) is 1.08. The van der Waals surface area contributed by atoms with Crippen LogP contribution in [0.1, 0.15) is 6.92 Å². The molecule has 1 heterocycles. The third-order valence-electron chi connectivity index (χ3n) is 1.86. The maximum atomic E-state index is 11.6. The highest BCUT2D eigenvalue weighted by Crippen LogP contribution is 2.23. The standard InChI is InChI=1S/C10H15N3OS/c1-7(10(14)13(2)3)15-8-4-5-9(11)12-6-8/h4-7H,1-3H3,(H2,11,12). The normalized spacial score (nSPS) is 12.2. The lowest BCUT2D eigenvalue weighted by atomic mass is 10.4. The summed E-state index contributed by atoms with van der Waals surface area (Å²) >= 11 is 1.48. The van der Waals surface area contributed by atoms with Crippen LogP contribution in [-0.4, -0.2) is 35.1 Å². The summed E-state index contributed by atoms with van der Waals surface area (Å²) in [7, 11) is 3.50. The highest BCUT2D eigenvalue weighted by Gasteiger charge is 2.15. The molecule has 0 aliphatic carbocycles. The number of nitrogens with two attached hydrogens (primary N) is 1. The van der Waals surface area contributed by atoms with Crippen LogP contribution in [0.2, 0.25) is 0 Å². The Bertz CT molecular complexity index is 337. The van der Waals surface area contributed by atoms with Gasteiger partial charge in [-0.1, -0.05) is 0 Å². The monoisotopic (exact) mass is 225 g/mol. The van der Waals surface area contributed by atoms with Gasteiger partial charge >= 0.3 is 0 Å². The number of thioether (sulfide) groups is 1. The third kappa shape index (κ3) is 3.43. The number of aromatic nitrogens is 1. The topological polar surface area (TPSA) is 59.2 Å². The lowest BCUT2D eigenvalue weighted by molar-refractivity contribution is -0.127. The molecule has 1 unspecified atom stereocenters. The second kappa shape index (κ2) is 5.02. The van der Waals surface area contributed by atoms with E-state index in [4.69, 9.17) is 5.73 Å². The second-order valence-electron chi connectivity index (χ2n) is 3.41. The van der Waals surface area contributed by atoms with E-state index in [2.05, 4.69) is 4.98 Å². The van der Waals surface area contributed by atoms with Crippen LogP contribution < -0.4 is 5.73 Å². The molecule has 0 aliphatic heterocycles. The summed E-state index contributed by atoms with van der Waals surface area (Å²) < 4.78 is 0. The molecular weight excluding hydrogens is 210 g/mol. The van der Waals surface area contributed by atoms with E-state index in [0.717, 1.165) is 4.90 Å². The summed E-state index contributed by atoms with van der Waals surface area (Å²) in [5, 5.41) is -0.106. The molecule has 15 heavy (non-hydrogen) atoms. The van der Waals surface area contributed by atoms with Gasteiger partial charge < -0.3 is 10.6 Å². The van der Waals surface area contributed by atoms with Crippen molar-refractivity contribution in [2.24, 2.45) is 0 Å². The molecule has 0 aromatic carbocycles. The average Bonchev–Trinajstić information content (AvgIpc) is 2.20. The number of hydrogen-bond acceptors (Lipinski definition) is 4. The lowest BCUT2D eigenvalue weighted by Gasteiger charge is -2.16. The van der Waals surface area contributed by atoms with Gasteiger partial charge in [0.25, 0.3) is 0 Å². The first-order chi connectivity index (χ1) is 7.00. The van der Waals surface area contributed by atoms with Crippen LogP contribution in [-0.2, 0) is 4.79 Å². The number of rotatable bonds is 3. The molecule has 2 N–H and O–H groups in total. The molecule has 1 amide bonds. The summed E-state index contributed by atoms with van der Waals surface area (Å²) in [6.07, 6.45) is 1.68. The van der Waals surface area contributed by atoms with Crippen molar-refractivity contribution in [3.8, 4) is 0 Å². The van der Waals surface area contributed by atoms with E-state index in [1.807, 2.05) is 13.0 Å². The molecule has 1 rings (SSSR count). The molecule has 5 heteroatoms. The number of amides is 1. The van der Waals surface area contributed by atoms with Crippen molar-refractivity contribution in [1.29, 1.82) is 0 Å². The Hall–Kier alpha value is -1.23. The minimum Gasteiger partial charge on any atom is -0.384 e. The van der Waals surface area contributed by atoms with Gasteiger partial charge in [-0.25, -0.2) is 4.98 Å². The molecule has 0 saturated heterocycles. The third-order valence-corrected chi connectivity index (χ3v) is 2.93. The van der Waals surface area contributed by atoms with Crippen molar-refractivity contribution in [3.05, 3.63) is 18.3 Å². The molecule has 0 spiro atoms. The zero-order chi connectivity index (χ0) is 11.4. The van der Waals surface area contributed by atoms with Crippen molar-refractivity contribution < 1.29 is 4.79 Å². The van der Waals surface area contributed by atoms with E-state index < -0.39 is 0 Å². The highest BCUT2D eigenvalue weighted by molar-refractivity contribution is 8.00. The molecule has 4 nitrogen and oxygen atoms in total. The molecule has 1 aromatic rings.